The molecule has 0 aliphatic heterocycles. The molecule has 0 aliphatic rings. The second-order valence-electron chi connectivity index (χ2n) is 5.30. The molecule has 0 bridgehead atoms. The molecule has 3 unspecified atom stereocenters. The highest BCUT2D eigenvalue weighted by atomic mass is 35.5. The Bertz CT molecular complexity index is 423. The van der Waals surface area contributed by atoms with Crippen LogP contribution in [0.5, 0.6) is 0 Å². The number of benzene rings is 1. The number of nitrogens with one attached hydrogen (secondary N) is 1. The van der Waals surface area contributed by atoms with Gasteiger partial charge in [0, 0.05) is 22.7 Å². The molecule has 0 spiro atoms. The average molecular weight is 306 g/mol. The highest BCUT2D eigenvalue weighted by Crippen LogP contribution is 2.32. The molecule has 0 aromatic heterocycles. The van der Waals surface area contributed by atoms with Gasteiger partial charge in [0.2, 0.25) is 0 Å². The Balaban J connectivity index is 2.78. The molecule has 0 radical (unpaired) electrons. The fourth-order valence-corrected chi connectivity index (χ4v) is 2.99. The highest BCUT2D eigenvalue weighted by molar-refractivity contribution is 6.36. The minimum atomic E-state index is -0.427. The zero-order valence-electron chi connectivity index (χ0n) is 11.9. The van der Waals surface area contributed by atoms with Gasteiger partial charge in [0.15, 0.2) is 0 Å². The predicted octanol–water partition coefficient (Wildman–Crippen LogP) is 5.61. The van der Waals surface area contributed by atoms with E-state index in [2.05, 4.69) is 26.1 Å². The van der Waals surface area contributed by atoms with Crippen LogP contribution in [0, 0.1) is 11.7 Å². The second-order valence-corrected chi connectivity index (χ2v) is 6.08. The Hall–Kier alpha value is -0.310. The van der Waals surface area contributed by atoms with Gasteiger partial charge in [-0.3, -0.25) is 0 Å². The number of halogens is 3. The van der Waals surface area contributed by atoms with E-state index in [-0.39, 0.29) is 11.1 Å². The topological polar surface area (TPSA) is 12.0 Å². The summed E-state index contributed by atoms with van der Waals surface area (Å²) in [6.07, 6.45) is 2.23. The quantitative estimate of drug-likeness (QED) is 0.674. The summed E-state index contributed by atoms with van der Waals surface area (Å²) < 4.78 is 13.5. The highest BCUT2D eigenvalue weighted by Gasteiger charge is 2.19. The summed E-state index contributed by atoms with van der Waals surface area (Å²) in [6.45, 7) is 8.50. The zero-order valence-corrected chi connectivity index (χ0v) is 13.4. The lowest BCUT2D eigenvalue weighted by Gasteiger charge is -2.24. The summed E-state index contributed by atoms with van der Waals surface area (Å²) in [5.74, 6) is 0.234. The maximum absolute atomic E-state index is 13.5. The Labute approximate surface area is 125 Å². The molecule has 0 saturated carbocycles. The molecule has 3 atom stereocenters. The maximum Gasteiger partial charge on any atom is 0.142 e. The zero-order chi connectivity index (χ0) is 14.6. The fourth-order valence-electron chi connectivity index (χ4n) is 2.29. The molecule has 0 amide bonds. The van der Waals surface area contributed by atoms with Gasteiger partial charge < -0.3 is 5.32 Å². The molecule has 0 aliphatic carbocycles. The van der Waals surface area contributed by atoms with Crippen LogP contribution < -0.4 is 5.32 Å². The van der Waals surface area contributed by atoms with E-state index in [9.17, 15) is 4.39 Å². The molecule has 0 fully saturated rings. The molecule has 1 rings (SSSR count). The van der Waals surface area contributed by atoms with Crippen molar-refractivity contribution in [2.45, 2.75) is 52.6 Å². The third-order valence-electron chi connectivity index (χ3n) is 3.50. The molecule has 19 heavy (non-hydrogen) atoms. The molecule has 4 heteroatoms. The Kier molecular flexibility index (Phi) is 6.58. The molecular formula is C15H22Cl2FN. The lowest BCUT2D eigenvalue weighted by molar-refractivity contribution is 0.385. The standard InChI is InChI=1S/C15H22Cl2FN/c1-5-9(2)8-10(3)19-11(4)14-12(16)6-7-13(18)15(14)17/h6-7,9-11,19H,5,8H2,1-4H3. The summed E-state index contributed by atoms with van der Waals surface area (Å²) in [4.78, 5) is 0. The summed E-state index contributed by atoms with van der Waals surface area (Å²) in [7, 11) is 0. The van der Waals surface area contributed by atoms with Gasteiger partial charge in [-0.1, -0.05) is 43.5 Å². The van der Waals surface area contributed by atoms with E-state index in [1.807, 2.05) is 6.92 Å². The van der Waals surface area contributed by atoms with Gasteiger partial charge in [-0.2, -0.15) is 0 Å². The summed E-state index contributed by atoms with van der Waals surface area (Å²) in [6, 6.07) is 3.11. The van der Waals surface area contributed by atoms with E-state index in [1.54, 1.807) is 6.07 Å². The van der Waals surface area contributed by atoms with Crippen molar-refractivity contribution in [1.82, 2.24) is 5.32 Å². The minimum absolute atomic E-state index is 0.0743. The van der Waals surface area contributed by atoms with Crippen LogP contribution in [0.4, 0.5) is 4.39 Å². The summed E-state index contributed by atoms with van der Waals surface area (Å²) in [5.41, 5.74) is 0.638. The van der Waals surface area contributed by atoms with E-state index in [0.717, 1.165) is 12.8 Å². The van der Waals surface area contributed by atoms with Crippen molar-refractivity contribution in [3.8, 4) is 0 Å². The first-order chi connectivity index (χ1) is 8.86. The van der Waals surface area contributed by atoms with Crippen LogP contribution in [0.1, 0.15) is 52.1 Å². The molecule has 0 heterocycles. The van der Waals surface area contributed by atoms with Gasteiger partial charge in [0.05, 0.1) is 5.02 Å². The van der Waals surface area contributed by atoms with Crippen LogP contribution in [0.15, 0.2) is 12.1 Å². The van der Waals surface area contributed by atoms with E-state index < -0.39 is 5.82 Å². The van der Waals surface area contributed by atoms with Crippen LogP contribution in [-0.4, -0.2) is 6.04 Å². The van der Waals surface area contributed by atoms with Gasteiger partial charge in [0.25, 0.3) is 0 Å². The fraction of sp³-hybridized carbons (Fsp3) is 0.600. The van der Waals surface area contributed by atoms with Crippen LogP contribution in [0.2, 0.25) is 10.0 Å². The van der Waals surface area contributed by atoms with E-state index in [0.29, 0.717) is 22.5 Å². The molecule has 1 aromatic carbocycles. The lowest BCUT2D eigenvalue weighted by atomic mass is 9.99. The van der Waals surface area contributed by atoms with Crippen molar-refractivity contribution in [1.29, 1.82) is 0 Å². The first-order valence-corrected chi connectivity index (χ1v) is 7.51. The third-order valence-corrected chi connectivity index (χ3v) is 4.21. The van der Waals surface area contributed by atoms with Crippen molar-refractivity contribution < 1.29 is 4.39 Å². The predicted molar refractivity (Wildman–Crippen MR) is 81.5 cm³/mol. The van der Waals surface area contributed by atoms with Gasteiger partial charge in [-0.05, 0) is 38.3 Å². The SMILES string of the molecule is CCC(C)CC(C)NC(C)c1c(Cl)ccc(F)c1Cl. The molecule has 0 saturated heterocycles. The number of hydrogen-bond acceptors (Lipinski definition) is 1. The largest absolute Gasteiger partial charge is 0.308 e. The molecular weight excluding hydrogens is 284 g/mol. The Morgan fingerprint density at radius 2 is 1.84 bits per heavy atom. The van der Waals surface area contributed by atoms with Crippen molar-refractivity contribution in [3.63, 3.8) is 0 Å². The van der Waals surface area contributed by atoms with Crippen molar-refractivity contribution >= 4 is 23.2 Å². The second kappa shape index (κ2) is 7.47. The first kappa shape index (κ1) is 16.7. The summed E-state index contributed by atoms with van der Waals surface area (Å²) >= 11 is 12.1. The number of rotatable bonds is 6. The van der Waals surface area contributed by atoms with Crippen LogP contribution in [0.25, 0.3) is 0 Å². The van der Waals surface area contributed by atoms with E-state index >= 15 is 0 Å². The maximum atomic E-state index is 13.5. The minimum Gasteiger partial charge on any atom is -0.308 e. The average Bonchev–Trinajstić information content (AvgIpc) is 2.34. The van der Waals surface area contributed by atoms with E-state index in [1.165, 1.54) is 6.07 Å². The smallest absolute Gasteiger partial charge is 0.142 e. The van der Waals surface area contributed by atoms with Gasteiger partial charge in [0.1, 0.15) is 5.82 Å². The van der Waals surface area contributed by atoms with Crippen molar-refractivity contribution in [3.05, 3.63) is 33.6 Å². The first-order valence-electron chi connectivity index (χ1n) is 6.76. The van der Waals surface area contributed by atoms with Gasteiger partial charge in [-0.15, -0.1) is 0 Å². The molecule has 108 valence electrons. The monoisotopic (exact) mass is 305 g/mol. The van der Waals surface area contributed by atoms with Crippen LogP contribution >= 0.6 is 23.2 Å². The van der Waals surface area contributed by atoms with Gasteiger partial charge in [-0.25, -0.2) is 4.39 Å². The normalized spacial score (nSPS) is 16.2. The van der Waals surface area contributed by atoms with Crippen LogP contribution in [-0.2, 0) is 0 Å². The van der Waals surface area contributed by atoms with Crippen molar-refractivity contribution in [2.75, 3.05) is 0 Å². The molecule has 1 nitrogen and oxygen atoms in total. The van der Waals surface area contributed by atoms with Crippen LogP contribution in [0.3, 0.4) is 0 Å². The number of hydrogen-bond donors (Lipinski definition) is 1. The molecule has 1 N–H and O–H groups in total. The Morgan fingerprint density at radius 1 is 1.21 bits per heavy atom. The molecule has 1 aromatic rings. The van der Waals surface area contributed by atoms with E-state index in [4.69, 9.17) is 23.2 Å². The van der Waals surface area contributed by atoms with Gasteiger partial charge >= 0.3 is 0 Å². The Morgan fingerprint density at radius 3 is 2.42 bits per heavy atom. The van der Waals surface area contributed by atoms with Crippen molar-refractivity contribution in [2.24, 2.45) is 5.92 Å². The third kappa shape index (κ3) is 4.62. The lowest BCUT2D eigenvalue weighted by Crippen LogP contribution is -2.30. The summed E-state index contributed by atoms with van der Waals surface area (Å²) in [5, 5.41) is 4.05.